The maximum atomic E-state index is 13.5. The van der Waals surface area contributed by atoms with Gasteiger partial charge in [-0.3, -0.25) is 15.2 Å². The Morgan fingerprint density at radius 3 is 2.11 bits per heavy atom. The van der Waals surface area contributed by atoms with Crippen LogP contribution in [-0.2, 0) is 38.9 Å². The van der Waals surface area contributed by atoms with E-state index < -0.39 is 12.0 Å². The van der Waals surface area contributed by atoms with Crippen LogP contribution >= 0.6 is 0 Å². The highest BCUT2D eigenvalue weighted by molar-refractivity contribution is 5.85. The number of amides is 1. The summed E-state index contributed by atoms with van der Waals surface area (Å²) in [4.78, 5) is 33.2. The summed E-state index contributed by atoms with van der Waals surface area (Å²) in [7, 11) is 0. The van der Waals surface area contributed by atoms with Crippen LogP contribution in [0.25, 0.3) is 22.5 Å². The number of carbonyl (C=O) groups is 2. The van der Waals surface area contributed by atoms with Crippen LogP contribution in [0.1, 0.15) is 56.7 Å². The average Bonchev–Trinajstić information content (AvgIpc) is 3.57. The predicted octanol–water partition coefficient (Wildman–Crippen LogP) is 5.33. The SMILES string of the molecule is CCCCC(=O)N(Cc1ccc(-c2ccccc2-c2nn[nH]n2)cc1)[C@H](C(=O)OCc1ccc(CON(O)O)cc1)C(C)C. The number of nitrogens with zero attached hydrogens (tertiary/aromatic N) is 5. The van der Waals surface area contributed by atoms with E-state index in [1.54, 1.807) is 29.2 Å². The number of aromatic nitrogens is 4. The van der Waals surface area contributed by atoms with Gasteiger partial charge < -0.3 is 9.64 Å². The van der Waals surface area contributed by atoms with Gasteiger partial charge in [0.25, 0.3) is 0 Å². The van der Waals surface area contributed by atoms with Gasteiger partial charge in [-0.05, 0) is 45.4 Å². The second kappa shape index (κ2) is 15.8. The Balaban J connectivity index is 1.50. The van der Waals surface area contributed by atoms with E-state index in [1.807, 2.05) is 69.3 Å². The number of hydrogen-bond donors (Lipinski definition) is 3. The van der Waals surface area contributed by atoms with Crippen molar-refractivity contribution in [3.63, 3.8) is 0 Å². The van der Waals surface area contributed by atoms with E-state index in [-0.39, 0.29) is 37.0 Å². The first-order chi connectivity index (χ1) is 21.3. The third kappa shape index (κ3) is 8.77. The van der Waals surface area contributed by atoms with Gasteiger partial charge in [0.05, 0.1) is 12.0 Å². The van der Waals surface area contributed by atoms with Gasteiger partial charge in [0.15, 0.2) is 0 Å². The van der Waals surface area contributed by atoms with Crippen LogP contribution in [0.15, 0.2) is 72.8 Å². The molecule has 0 saturated heterocycles. The van der Waals surface area contributed by atoms with E-state index in [0.717, 1.165) is 40.7 Å². The van der Waals surface area contributed by atoms with Crippen molar-refractivity contribution in [3.05, 3.63) is 89.5 Å². The van der Waals surface area contributed by atoms with Crippen molar-refractivity contribution < 1.29 is 29.6 Å². The number of aromatic amines is 1. The first-order valence-corrected chi connectivity index (χ1v) is 14.5. The normalized spacial score (nSPS) is 12.0. The molecule has 0 radical (unpaired) electrons. The number of esters is 1. The second-order valence-corrected chi connectivity index (χ2v) is 10.7. The highest BCUT2D eigenvalue weighted by Gasteiger charge is 2.33. The van der Waals surface area contributed by atoms with Gasteiger partial charge in [0.1, 0.15) is 12.6 Å². The Kier molecular flexibility index (Phi) is 11.7. The summed E-state index contributed by atoms with van der Waals surface area (Å²) in [5.74, 6) is -0.256. The fourth-order valence-corrected chi connectivity index (χ4v) is 4.87. The molecule has 0 aliphatic carbocycles. The topological polar surface area (TPSA) is 154 Å². The first kappa shape index (κ1) is 32.4. The van der Waals surface area contributed by atoms with E-state index in [1.165, 1.54) is 0 Å². The van der Waals surface area contributed by atoms with E-state index in [2.05, 4.69) is 25.5 Å². The van der Waals surface area contributed by atoms with Gasteiger partial charge in [-0.25, -0.2) is 9.63 Å². The molecule has 1 atom stereocenters. The van der Waals surface area contributed by atoms with Gasteiger partial charge in [0.2, 0.25) is 11.7 Å². The molecule has 0 fully saturated rings. The summed E-state index contributed by atoms with van der Waals surface area (Å²) >= 11 is 0. The molecule has 4 aromatic rings. The van der Waals surface area contributed by atoms with Crippen molar-refractivity contribution in [2.24, 2.45) is 5.92 Å². The van der Waals surface area contributed by atoms with E-state index in [9.17, 15) is 9.59 Å². The number of tetrazole rings is 1. The fourth-order valence-electron chi connectivity index (χ4n) is 4.87. The molecule has 0 aliphatic heterocycles. The molecule has 3 aromatic carbocycles. The summed E-state index contributed by atoms with van der Waals surface area (Å²) in [6, 6.07) is 21.9. The van der Waals surface area contributed by atoms with Crippen LogP contribution in [0.3, 0.4) is 0 Å². The predicted molar refractivity (Wildman–Crippen MR) is 160 cm³/mol. The molecule has 1 heterocycles. The lowest BCUT2D eigenvalue weighted by Gasteiger charge is -2.33. The standard InChI is InChI=1S/C32H38N6O6/c1-4-5-10-29(39)37(30(22(2)3)32(40)43-20-24-11-13-25(14-12-24)21-44-38(41)42)19-23-15-17-26(18-16-23)27-8-6-7-9-28(27)31-33-35-36-34-31/h6-9,11-18,22,30,41-42H,4-5,10,19-21H2,1-3H3,(H,33,34,35,36)/t30-/m0/s1. The molecular weight excluding hydrogens is 564 g/mol. The number of unbranched alkanes of at least 4 members (excludes halogenated alkanes) is 1. The quantitative estimate of drug-likeness (QED) is 0.120. The molecule has 0 saturated carbocycles. The summed E-state index contributed by atoms with van der Waals surface area (Å²) < 4.78 is 5.72. The van der Waals surface area contributed by atoms with Crippen molar-refractivity contribution in [1.29, 1.82) is 0 Å². The summed E-state index contributed by atoms with van der Waals surface area (Å²) in [5, 5.41) is 31.5. The number of ether oxygens (including phenoxy) is 1. The zero-order chi connectivity index (χ0) is 31.5. The highest BCUT2D eigenvalue weighted by Crippen LogP contribution is 2.30. The Morgan fingerprint density at radius 2 is 1.52 bits per heavy atom. The van der Waals surface area contributed by atoms with Gasteiger partial charge in [0, 0.05) is 18.5 Å². The lowest BCUT2D eigenvalue weighted by molar-refractivity contribution is -0.497. The minimum Gasteiger partial charge on any atom is -0.459 e. The zero-order valence-corrected chi connectivity index (χ0v) is 25.1. The van der Waals surface area contributed by atoms with E-state index in [4.69, 9.17) is 15.2 Å². The summed E-state index contributed by atoms with van der Waals surface area (Å²) in [6.07, 6.45) is 1.92. The molecule has 0 bridgehead atoms. The Morgan fingerprint density at radius 1 is 0.886 bits per heavy atom. The zero-order valence-electron chi connectivity index (χ0n) is 25.1. The number of carbonyl (C=O) groups excluding carboxylic acids is 2. The molecule has 0 aliphatic rings. The molecule has 44 heavy (non-hydrogen) atoms. The third-order valence-corrected chi connectivity index (χ3v) is 7.16. The lowest BCUT2D eigenvalue weighted by atomic mass is 9.97. The van der Waals surface area contributed by atoms with Crippen molar-refractivity contribution in [3.8, 4) is 22.5 Å². The Labute approximate surface area is 256 Å². The number of hydrogen-bond acceptors (Lipinski definition) is 10. The van der Waals surface area contributed by atoms with Crippen LogP contribution in [0.4, 0.5) is 0 Å². The van der Waals surface area contributed by atoms with Gasteiger partial charge >= 0.3 is 5.97 Å². The number of rotatable bonds is 15. The summed E-state index contributed by atoms with van der Waals surface area (Å²) in [5.41, 5.74) is 5.08. The first-order valence-electron chi connectivity index (χ1n) is 14.5. The minimum atomic E-state index is -0.772. The van der Waals surface area contributed by atoms with Gasteiger partial charge in [-0.2, -0.15) is 5.21 Å². The molecule has 1 amide bonds. The molecule has 1 aromatic heterocycles. The minimum absolute atomic E-state index is 0.0286. The van der Waals surface area contributed by atoms with Crippen LogP contribution in [0, 0.1) is 5.92 Å². The fraction of sp³-hybridized carbons (Fsp3) is 0.344. The van der Waals surface area contributed by atoms with Crippen molar-refractivity contribution in [2.75, 3.05) is 0 Å². The van der Waals surface area contributed by atoms with Gasteiger partial charge in [-0.15, -0.1) is 10.2 Å². The molecule has 0 spiro atoms. The van der Waals surface area contributed by atoms with Gasteiger partial charge in [-0.1, -0.05) is 100.0 Å². The number of H-pyrrole nitrogens is 1. The van der Waals surface area contributed by atoms with Crippen LogP contribution in [-0.4, -0.2) is 59.2 Å². The largest absolute Gasteiger partial charge is 0.459 e. The maximum Gasteiger partial charge on any atom is 0.329 e. The molecule has 0 unspecified atom stereocenters. The van der Waals surface area contributed by atoms with Crippen LogP contribution in [0.2, 0.25) is 0 Å². The molecule has 12 heteroatoms. The smallest absolute Gasteiger partial charge is 0.329 e. The Bertz CT molecular complexity index is 1480. The van der Waals surface area contributed by atoms with Crippen molar-refractivity contribution >= 4 is 11.9 Å². The number of benzene rings is 3. The lowest BCUT2D eigenvalue weighted by Crippen LogP contribution is -2.48. The molecule has 232 valence electrons. The van der Waals surface area contributed by atoms with E-state index >= 15 is 0 Å². The molecular formula is C32H38N6O6. The Hall–Kier alpha value is -4.49. The molecule has 4 rings (SSSR count). The van der Waals surface area contributed by atoms with E-state index in [0.29, 0.717) is 17.8 Å². The molecule has 12 nitrogen and oxygen atoms in total. The average molecular weight is 603 g/mol. The highest BCUT2D eigenvalue weighted by atomic mass is 17.1. The van der Waals surface area contributed by atoms with Crippen molar-refractivity contribution in [1.82, 2.24) is 30.9 Å². The molecule has 3 N–H and O–H groups in total. The monoisotopic (exact) mass is 602 g/mol. The summed E-state index contributed by atoms with van der Waals surface area (Å²) in [6.45, 7) is 6.09. The third-order valence-electron chi connectivity index (χ3n) is 7.16. The van der Waals surface area contributed by atoms with Crippen LogP contribution < -0.4 is 0 Å². The second-order valence-electron chi connectivity index (χ2n) is 10.7. The van der Waals surface area contributed by atoms with Crippen LogP contribution in [0.5, 0.6) is 0 Å². The van der Waals surface area contributed by atoms with Crippen molar-refractivity contribution in [2.45, 2.75) is 65.8 Å². The number of nitrogens with one attached hydrogen (secondary N) is 1. The maximum absolute atomic E-state index is 13.5.